The van der Waals surface area contributed by atoms with Crippen LogP contribution in [0.25, 0.3) is 0 Å². The summed E-state index contributed by atoms with van der Waals surface area (Å²) in [5.41, 5.74) is -0.177. The first-order chi connectivity index (χ1) is 10.9. The smallest absolute Gasteiger partial charge is 0.360 e. The molecule has 0 unspecified atom stereocenters. The second-order valence-electron chi connectivity index (χ2n) is 5.29. The number of hydrogen-bond donors (Lipinski definition) is 1. The third-order valence-corrected chi connectivity index (χ3v) is 4.04. The summed E-state index contributed by atoms with van der Waals surface area (Å²) in [6, 6.07) is 2.75. The number of nitrogens with zero attached hydrogens (tertiary/aromatic N) is 1. The Labute approximate surface area is 134 Å². The van der Waals surface area contributed by atoms with E-state index in [1.54, 1.807) is 0 Å². The number of rotatable bonds is 2. The molecule has 1 aliphatic carbocycles. The minimum atomic E-state index is -4.52. The highest BCUT2D eigenvalue weighted by Crippen LogP contribution is 2.34. The maximum atomic E-state index is 12.8. The molecule has 1 heterocycles. The average Bonchev–Trinajstić information content (AvgIpc) is 2.92. The van der Waals surface area contributed by atoms with Crippen molar-refractivity contribution in [1.82, 2.24) is 5.16 Å². The van der Waals surface area contributed by atoms with Crippen LogP contribution in [-0.4, -0.2) is 11.1 Å². The molecule has 1 amide bonds. The van der Waals surface area contributed by atoms with Crippen LogP contribution in [0.3, 0.4) is 0 Å². The zero-order valence-corrected chi connectivity index (χ0v) is 12.6. The molecule has 4 nitrogen and oxygen atoms in total. The average molecular weight is 345 g/mol. The molecule has 0 saturated heterocycles. The van der Waals surface area contributed by atoms with Gasteiger partial charge in [-0.2, -0.15) is 13.2 Å². The van der Waals surface area contributed by atoms with Gasteiger partial charge in [-0.1, -0.05) is 16.8 Å². The zero-order chi connectivity index (χ0) is 16.6. The molecule has 122 valence electrons. The number of aromatic nitrogens is 1. The Morgan fingerprint density at radius 1 is 1.26 bits per heavy atom. The van der Waals surface area contributed by atoms with Crippen molar-refractivity contribution in [3.63, 3.8) is 0 Å². The molecule has 8 heteroatoms. The number of carbonyl (C=O) groups excluding carboxylic acids is 1. The van der Waals surface area contributed by atoms with Gasteiger partial charge in [0.1, 0.15) is 5.76 Å². The van der Waals surface area contributed by atoms with Gasteiger partial charge in [0, 0.05) is 12.0 Å². The summed E-state index contributed by atoms with van der Waals surface area (Å²) in [4.78, 5) is 12.3. The molecule has 0 saturated carbocycles. The molecule has 1 N–H and O–H groups in total. The first-order valence-electron chi connectivity index (χ1n) is 7.02. The van der Waals surface area contributed by atoms with Crippen LogP contribution in [0, 0.1) is 0 Å². The van der Waals surface area contributed by atoms with Crippen LogP contribution in [0.5, 0.6) is 0 Å². The number of carbonyl (C=O) groups is 1. The number of fused-ring (bicyclic) bond motifs is 1. The Bertz CT molecular complexity index is 756. The second kappa shape index (κ2) is 5.88. The van der Waals surface area contributed by atoms with Crippen molar-refractivity contribution in [2.45, 2.75) is 31.9 Å². The van der Waals surface area contributed by atoms with Crippen LogP contribution in [0.4, 0.5) is 18.9 Å². The molecule has 0 aliphatic heterocycles. The molecule has 1 aromatic carbocycles. The van der Waals surface area contributed by atoms with Crippen LogP contribution in [0.15, 0.2) is 22.7 Å². The number of benzene rings is 1. The lowest BCUT2D eigenvalue weighted by atomic mass is 9.96. The Morgan fingerprint density at radius 2 is 2.00 bits per heavy atom. The number of anilines is 1. The molecular formula is C15H12ClF3N2O2. The maximum absolute atomic E-state index is 12.8. The fourth-order valence-corrected chi connectivity index (χ4v) is 2.71. The van der Waals surface area contributed by atoms with Crippen molar-refractivity contribution >= 4 is 23.2 Å². The van der Waals surface area contributed by atoms with Crippen molar-refractivity contribution in [3.05, 3.63) is 45.8 Å². The normalized spacial score (nSPS) is 14.4. The molecule has 3 rings (SSSR count). The Balaban J connectivity index is 1.87. The van der Waals surface area contributed by atoms with Gasteiger partial charge in [-0.15, -0.1) is 0 Å². The van der Waals surface area contributed by atoms with E-state index in [1.165, 1.54) is 0 Å². The standard InChI is InChI=1S/C15H12ClF3N2O2/c16-10-6-5-8(15(17,18)19)7-11(10)20-14(22)13-9-3-1-2-4-12(9)23-21-13/h5-7H,1-4H2,(H,20,22). The van der Waals surface area contributed by atoms with Crippen molar-refractivity contribution in [3.8, 4) is 0 Å². The van der Waals surface area contributed by atoms with Gasteiger partial charge in [-0.25, -0.2) is 0 Å². The quantitative estimate of drug-likeness (QED) is 0.874. The third kappa shape index (κ3) is 3.19. The third-order valence-electron chi connectivity index (χ3n) is 3.71. The van der Waals surface area contributed by atoms with E-state index in [0.29, 0.717) is 18.6 Å². The number of alkyl halides is 3. The summed E-state index contributed by atoms with van der Waals surface area (Å²) in [5.74, 6) is 0.0367. The highest BCUT2D eigenvalue weighted by Gasteiger charge is 2.31. The van der Waals surface area contributed by atoms with E-state index in [-0.39, 0.29) is 16.4 Å². The molecule has 1 aromatic heterocycles. The van der Waals surface area contributed by atoms with E-state index < -0.39 is 17.6 Å². The van der Waals surface area contributed by atoms with Gasteiger partial charge in [0.15, 0.2) is 5.69 Å². The van der Waals surface area contributed by atoms with Gasteiger partial charge in [-0.05, 0) is 37.5 Å². The molecule has 1 aliphatic rings. The van der Waals surface area contributed by atoms with Crippen molar-refractivity contribution < 1.29 is 22.5 Å². The Morgan fingerprint density at radius 3 is 2.74 bits per heavy atom. The second-order valence-corrected chi connectivity index (χ2v) is 5.69. The summed E-state index contributed by atoms with van der Waals surface area (Å²) in [5, 5.41) is 6.14. The van der Waals surface area contributed by atoms with Crippen molar-refractivity contribution in [2.24, 2.45) is 0 Å². The summed E-state index contributed by atoms with van der Waals surface area (Å²) >= 11 is 5.87. The fraction of sp³-hybridized carbons (Fsp3) is 0.333. The zero-order valence-electron chi connectivity index (χ0n) is 11.8. The van der Waals surface area contributed by atoms with Crippen molar-refractivity contribution in [2.75, 3.05) is 5.32 Å². The largest absolute Gasteiger partial charge is 0.416 e. The van der Waals surface area contributed by atoms with Crippen LogP contribution >= 0.6 is 11.6 Å². The summed E-state index contributed by atoms with van der Waals surface area (Å²) in [6.07, 6.45) is -1.27. The summed E-state index contributed by atoms with van der Waals surface area (Å²) in [7, 11) is 0. The SMILES string of the molecule is O=C(Nc1cc(C(F)(F)F)ccc1Cl)c1noc2c1CCCC2. The molecule has 0 spiro atoms. The minimum absolute atomic E-state index is 0.0173. The van der Waals surface area contributed by atoms with Gasteiger partial charge < -0.3 is 9.84 Å². The molecule has 0 atom stereocenters. The number of aryl methyl sites for hydroxylation is 1. The van der Waals surface area contributed by atoms with E-state index >= 15 is 0 Å². The Kier molecular flexibility index (Phi) is 4.06. The van der Waals surface area contributed by atoms with E-state index in [4.69, 9.17) is 16.1 Å². The lowest BCUT2D eigenvalue weighted by Crippen LogP contribution is -2.16. The van der Waals surface area contributed by atoms with E-state index in [2.05, 4.69) is 10.5 Å². The molecule has 0 bridgehead atoms. The molecule has 2 aromatic rings. The van der Waals surface area contributed by atoms with Gasteiger partial charge in [0.2, 0.25) is 0 Å². The molecular weight excluding hydrogens is 333 g/mol. The van der Waals surface area contributed by atoms with E-state index in [9.17, 15) is 18.0 Å². The fourth-order valence-electron chi connectivity index (χ4n) is 2.54. The van der Waals surface area contributed by atoms with E-state index in [0.717, 1.165) is 36.6 Å². The Hall–Kier alpha value is -2.02. The van der Waals surface area contributed by atoms with Crippen LogP contribution < -0.4 is 5.32 Å². The number of hydrogen-bond acceptors (Lipinski definition) is 3. The lowest BCUT2D eigenvalue weighted by Gasteiger charge is -2.12. The highest BCUT2D eigenvalue weighted by molar-refractivity contribution is 6.34. The number of nitrogens with one attached hydrogen (secondary N) is 1. The number of amides is 1. The van der Waals surface area contributed by atoms with Gasteiger partial charge in [0.25, 0.3) is 5.91 Å². The lowest BCUT2D eigenvalue weighted by molar-refractivity contribution is -0.137. The molecule has 23 heavy (non-hydrogen) atoms. The van der Waals surface area contributed by atoms with Crippen LogP contribution in [0.2, 0.25) is 5.02 Å². The number of halogens is 4. The topological polar surface area (TPSA) is 55.1 Å². The minimum Gasteiger partial charge on any atom is -0.360 e. The first kappa shape index (κ1) is 15.9. The monoisotopic (exact) mass is 344 g/mol. The van der Waals surface area contributed by atoms with Crippen molar-refractivity contribution in [1.29, 1.82) is 0 Å². The predicted octanol–water partition coefficient (Wildman–Crippen LogP) is 4.48. The summed E-state index contributed by atoms with van der Waals surface area (Å²) in [6.45, 7) is 0. The molecule has 0 radical (unpaired) electrons. The first-order valence-corrected chi connectivity index (χ1v) is 7.39. The summed E-state index contributed by atoms with van der Waals surface area (Å²) < 4.78 is 43.4. The molecule has 0 fully saturated rings. The highest BCUT2D eigenvalue weighted by atomic mass is 35.5. The predicted molar refractivity (Wildman–Crippen MR) is 77.6 cm³/mol. The van der Waals surface area contributed by atoms with E-state index in [1.807, 2.05) is 0 Å². The van der Waals surface area contributed by atoms with Crippen LogP contribution in [0.1, 0.15) is 40.2 Å². The van der Waals surface area contributed by atoms with Gasteiger partial charge >= 0.3 is 6.18 Å². The van der Waals surface area contributed by atoms with Gasteiger partial charge in [0.05, 0.1) is 16.3 Å². The maximum Gasteiger partial charge on any atom is 0.416 e. The van der Waals surface area contributed by atoms with Crippen LogP contribution in [-0.2, 0) is 19.0 Å². The van der Waals surface area contributed by atoms with Gasteiger partial charge in [-0.3, -0.25) is 4.79 Å².